The van der Waals surface area contributed by atoms with Gasteiger partial charge in [-0.25, -0.2) is 4.79 Å². The minimum Gasteiger partial charge on any atom is -0.485 e. The summed E-state index contributed by atoms with van der Waals surface area (Å²) in [5.74, 6) is -0.0410. The number of carbonyl (C=O) groups excluding carboxylic acids is 2. The molecule has 3 rings (SSSR count). The summed E-state index contributed by atoms with van der Waals surface area (Å²) in [5.41, 5.74) is 2.12. The van der Waals surface area contributed by atoms with E-state index in [1.165, 1.54) is 6.92 Å². The van der Waals surface area contributed by atoms with Crippen LogP contribution in [0.25, 0.3) is 0 Å². The molecule has 2 heterocycles. The molecule has 0 aliphatic carbocycles. The summed E-state index contributed by atoms with van der Waals surface area (Å²) in [6.07, 6.45) is -1.90. The molecule has 0 fully saturated rings. The van der Waals surface area contributed by atoms with Gasteiger partial charge in [-0.15, -0.1) is 0 Å². The van der Waals surface area contributed by atoms with Crippen LogP contribution in [0.1, 0.15) is 18.3 Å². The second kappa shape index (κ2) is 7.07. The number of benzene rings is 1. The standard InChI is InChI=1S/C18H21N3O5/c1-10-16(11(2)21(4)20-10)19-17(22)12(3)25-18(23)15-9-24-13-7-5-6-8-14(13)26-15/h5-8,12,15H,9H2,1-4H3,(H,19,22)/t12-,15-/m1/s1. The molecule has 0 saturated carbocycles. The third-order valence-electron chi connectivity index (χ3n) is 4.19. The number of hydrogen-bond acceptors (Lipinski definition) is 6. The molecule has 0 radical (unpaired) electrons. The molecule has 0 bridgehead atoms. The van der Waals surface area contributed by atoms with Gasteiger partial charge >= 0.3 is 5.97 Å². The highest BCUT2D eigenvalue weighted by Crippen LogP contribution is 2.31. The van der Waals surface area contributed by atoms with Gasteiger partial charge in [0.25, 0.3) is 5.91 Å². The third kappa shape index (κ3) is 3.49. The van der Waals surface area contributed by atoms with E-state index in [-0.39, 0.29) is 6.61 Å². The first-order chi connectivity index (χ1) is 12.4. The average molecular weight is 359 g/mol. The van der Waals surface area contributed by atoms with Gasteiger partial charge in [0.1, 0.15) is 6.61 Å². The SMILES string of the molecule is Cc1nn(C)c(C)c1NC(=O)[C@@H](C)OC(=O)[C@H]1COc2ccccc2O1. The lowest BCUT2D eigenvalue weighted by Crippen LogP contribution is -2.41. The van der Waals surface area contributed by atoms with E-state index in [9.17, 15) is 9.59 Å². The van der Waals surface area contributed by atoms with E-state index < -0.39 is 24.1 Å². The van der Waals surface area contributed by atoms with Gasteiger partial charge in [-0.2, -0.15) is 5.10 Å². The van der Waals surface area contributed by atoms with E-state index in [2.05, 4.69) is 10.4 Å². The van der Waals surface area contributed by atoms with Crippen molar-refractivity contribution in [2.75, 3.05) is 11.9 Å². The largest absolute Gasteiger partial charge is 0.485 e. The summed E-state index contributed by atoms with van der Waals surface area (Å²) in [6.45, 7) is 5.18. The lowest BCUT2D eigenvalue weighted by Gasteiger charge is -2.25. The molecule has 1 N–H and O–H groups in total. The van der Waals surface area contributed by atoms with Gasteiger partial charge in [0.15, 0.2) is 17.6 Å². The van der Waals surface area contributed by atoms with E-state index >= 15 is 0 Å². The number of anilines is 1. The molecule has 8 heteroatoms. The van der Waals surface area contributed by atoms with Crippen LogP contribution in [0, 0.1) is 13.8 Å². The highest BCUT2D eigenvalue weighted by atomic mass is 16.6. The molecule has 138 valence electrons. The maximum Gasteiger partial charge on any atom is 0.351 e. The second-order valence-electron chi connectivity index (χ2n) is 6.10. The zero-order chi connectivity index (χ0) is 18.8. The Hall–Kier alpha value is -3.03. The quantitative estimate of drug-likeness (QED) is 0.836. The lowest BCUT2D eigenvalue weighted by atomic mass is 10.2. The predicted molar refractivity (Wildman–Crippen MR) is 93.2 cm³/mol. The summed E-state index contributed by atoms with van der Waals surface area (Å²) >= 11 is 0. The van der Waals surface area contributed by atoms with Crippen LogP contribution in [0.2, 0.25) is 0 Å². The van der Waals surface area contributed by atoms with Gasteiger partial charge in [-0.1, -0.05) is 12.1 Å². The monoisotopic (exact) mass is 359 g/mol. The first-order valence-corrected chi connectivity index (χ1v) is 8.27. The number of para-hydroxylation sites is 2. The smallest absolute Gasteiger partial charge is 0.351 e. The number of fused-ring (bicyclic) bond motifs is 1. The lowest BCUT2D eigenvalue weighted by molar-refractivity contribution is -0.162. The molecule has 1 amide bonds. The predicted octanol–water partition coefficient (Wildman–Crippen LogP) is 1.75. The first-order valence-electron chi connectivity index (χ1n) is 8.27. The normalized spacial score (nSPS) is 16.7. The Balaban J connectivity index is 1.60. The van der Waals surface area contributed by atoms with Crippen molar-refractivity contribution in [3.8, 4) is 11.5 Å². The van der Waals surface area contributed by atoms with Crippen LogP contribution in [0.4, 0.5) is 5.69 Å². The average Bonchev–Trinajstić information content (AvgIpc) is 2.87. The number of nitrogens with zero attached hydrogens (tertiary/aromatic N) is 2. The molecule has 8 nitrogen and oxygen atoms in total. The molecular weight excluding hydrogens is 338 g/mol. The van der Waals surface area contributed by atoms with Gasteiger partial charge < -0.3 is 19.5 Å². The Morgan fingerprint density at radius 2 is 2.00 bits per heavy atom. The van der Waals surface area contributed by atoms with Crippen molar-refractivity contribution < 1.29 is 23.8 Å². The molecule has 0 unspecified atom stereocenters. The van der Waals surface area contributed by atoms with E-state index in [4.69, 9.17) is 14.2 Å². The summed E-state index contributed by atoms with van der Waals surface area (Å²) in [5, 5.41) is 6.99. The fourth-order valence-corrected chi connectivity index (χ4v) is 2.62. The van der Waals surface area contributed by atoms with Crippen LogP contribution in [0.3, 0.4) is 0 Å². The van der Waals surface area contributed by atoms with E-state index in [1.807, 2.05) is 13.0 Å². The number of carbonyl (C=O) groups is 2. The number of ether oxygens (including phenoxy) is 3. The first kappa shape index (κ1) is 17.8. The number of aromatic nitrogens is 2. The number of amides is 1. The van der Waals surface area contributed by atoms with Crippen LogP contribution < -0.4 is 14.8 Å². The zero-order valence-corrected chi connectivity index (χ0v) is 15.1. The van der Waals surface area contributed by atoms with Gasteiger partial charge in [0, 0.05) is 7.05 Å². The topological polar surface area (TPSA) is 91.7 Å². The van der Waals surface area contributed by atoms with E-state index in [0.29, 0.717) is 22.9 Å². The van der Waals surface area contributed by atoms with Crippen molar-refractivity contribution in [1.29, 1.82) is 0 Å². The molecule has 1 aliphatic heterocycles. The number of esters is 1. The second-order valence-corrected chi connectivity index (χ2v) is 6.10. The molecular formula is C18H21N3O5. The van der Waals surface area contributed by atoms with Crippen molar-refractivity contribution in [3.63, 3.8) is 0 Å². The van der Waals surface area contributed by atoms with Gasteiger partial charge in [0.05, 0.1) is 17.1 Å². The molecule has 2 aromatic rings. The number of rotatable bonds is 4. The van der Waals surface area contributed by atoms with E-state index in [0.717, 1.165) is 5.69 Å². The maximum absolute atomic E-state index is 12.3. The van der Waals surface area contributed by atoms with Crippen molar-refractivity contribution in [2.45, 2.75) is 33.0 Å². The summed E-state index contributed by atoms with van der Waals surface area (Å²) < 4.78 is 18.0. The minimum absolute atomic E-state index is 0.0327. The zero-order valence-electron chi connectivity index (χ0n) is 15.1. The van der Waals surface area contributed by atoms with Gasteiger partial charge in [-0.3, -0.25) is 9.48 Å². The molecule has 2 atom stereocenters. The van der Waals surface area contributed by atoms with Crippen molar-refractivity contribution in [2.24, 2.45) is 7.05 Å². The summed E-state index contributed by atoms with van der Waals surface area (Å²) in [7, 11) is 1.79. The maximum atomic E-state index is 12.3. The van der Waals surface area contributed by atoms with Gasteiger partial charge in [-0.05, 0) is 32.9 Å². The molecule has 1 aromatic carbocycles. The Morgan fingerprint density at radius 3 is 2.65 bits per heavy atom. The Morgan fingerprint density at radius 1 is 1.31 bits per heavy atom. The Bertz CT molecular complexity index is 845. The van der Waals surface area contributed by atoms with Crippen LogP contribution in [-0.4, -0.2) is 40.5 Å². The molecule has 1 aliphatic rings. The molecule has 1 aromatic heterocycles. The highest BCUT2D eigenvalue weighted by molar-refractivity contribution is 5.96. The van der Waals surface area contributed by atoms with Gasteiger partial charge in [0.2, 0.25) is 6.10 Å². The fraction of sp³-hybridized carbons (Fsp3) is 0.389. The molecule has 0 spiro atoms. The van der Waals surface area contributed by atoms with Crippen LogP contribution >= 0.6 is 0 Å². The number of nitrogens with one attached hydrogen (secondary N) is 1. The minimum atomic E-state index is -0.984. The van der Waals surface area contributed by atoms with E-state index in [1.54, 1.807) is 36.9 Å². The Kier molecular flexibility index (Phi) is 4.83. The Labute approximate surface area is 151 Å². The summed E-state index contributed by atoms with van der Waals surface area (Å²) in [6, 6.07) is 7.06. The van der Waals surface area contributed by atoms with Crippen LogP contribution in [-0.2, 0) is 21.4 Å². The summed E-state index contributed by atoms with van der Waals surface area (Å²) in [4.78, 5) is 24.6. The third-order valence-corrected chi connectivity index (χ3v) is 4.19. The fourth-order valence-electron chi connectivity index (χ4n) is 2.62. The highest BCUT2D eigenvalue weighted by Gasteiger charge is 2.31. The van der Waals surface area contributed by atoms with Crippen molar-refractivity contribution in [3.05, 3.63) is 35.7 Å². The van der Waals surface area contributed by atoms with Crippen molar-refractivity contribution in [1.82, 2.24) is 9.78 Å². The number of aryl methyl sites for hydroxylation is 2. The van der Waals surface area contributed by atoms with Crippen LogP contribution in [0.15, 0.2) is 24.3 Å². The number of hydrogen-bond donors (Lipinski definition) is 1. The van der Waals surface area contributed by atoms with Crippen molar-refractivity contribution >= 4 is 17.6 Å². The molecule has 0 saturated heterocycles. The van der Waals surface area contributed by atoms with Crippen LogP contribution in [0.5, 0.6) is 11.5 Å². The molecule has 26 heavy (non-hydrogen) atoms.